The molecule has 0 bridgehead atoms. The minimum Gasteiger partial charge on any atom is -0.463 e. The van der Waals surface area contributed by atoms with Gasteiger partial charge in [-0.15, -0.1) is 0 Å². The van der Waals surface area contributed by atoms with Crippen LogP contribution in [0.3, 0.4) is 0 Å². The third-order valence-corrected chi connectivity index (χ3v) is 5.20. The van der Waals surface area contributed by atoms with Gasteiger partial charge in [0.15, 0.2) is 24.5 Å². The number of esters is 5. The maximum Gasteiger partial charge on any atom is 0.459 e. The number of carbonyl (C=O) groups is 6. The fourth-order valence-electron chi connectivity index (χ4n) is 3.83. The molecule has 0 unspecified atom stereocenters. The van der Waals surface area contributed by atoms with Crippen LogP contribution < -0.4 is 5.32 Å². The first-order valence-electron chi connectivity index (χ1n) is 10.9. The molecule has 0 aromatic carbocycles. The van der Waals surface area contributed by atoms with Gasteiger partial charge in [0.25, 0.3) is 0 Å². The first kappa shape index (κ1) is 32.4. The van der Waals surface area contributed by atoms with Gasteiger partial charge in [0, 0.05) is 27.7 Å². The van der Waals surface area contributed by atoms with Crippen LogP contribution in [-0.4, -0.2) is 103 Å². The average Bonchev–Trinajstić information content (AvgIpc) is 3.14. The zero-order chi connectivity index (χ0) is 30.8. The number of hydrogen-bond acceptors (Lipinski definition) is 12. The van der Waals surface area contributed by atoms with Gasteiger partial charge >= 0.3 is 54.0 Å². The van der Waals surface area contributed by atoms with E-state index in [9.17, 15) is 55.1 Å². The summed E-state index contributed by atoms with van der Waals surface area (Å²) in [6.45, 7) is 0.822. The molecule has 2 amide bonds. The molecule has 0 saturated carbocycles. The molecule has 1 N–H and O–H groups in total. The van der Waals surface area contributed by atoms with Crippen LogP contribution >= 0.6 is 0 Å². The van der Waals surface area contributed by atoms with Crippen molar-refractivity contribution in [2.24, 2.45) is 0 Å². The highest BCUT2D eigenvalue weighted by Gasteiger charge is 2.81. The molecule has 226 valence electrons. The van der Waals surface area contributed by atoms with Crippen molar-refractivity contribution in [1.29, 1.82) is 0 Å². The second kappa shape index (κ2) is 11.7. The fourth-order valence-corrected chi connectivity index (χ4v) is 3.83. The summed E-state index contributed by atoms with van der Waals surface area (Å²) < 4.78 is 111. The normalized spacial score (nSPS) is 26.3. The van der Waals surface area contributed by atoms with Crippen molar-refractivity contribution >= 4 is 35.9 Å². The largest absolute Gasteiger partial charge is 0.463 e. The molecule has 0 aromatic heterocycles. The Morgan fingerprint density at radius 3 is 1.77 bits per heavy atom. The van der Waals surface area contributed by atoms with E-state index in [1.165, 1.54) is 0 Å². The number of amides is 2. The van der Waals surface area contributed by atoms with Gasteiger partial charge in [-0.1, -0.05) is 0 Å². The van der Waals surface area contributed by atoms with Crippen molar-refractivity contribution in [2.45, 2.75) is 76.4 Å². The predicted molar refractivity (Wildman–Crippen MR) is 108 cm³/mol. The van der Waals surface area contributed by atoms with Gasteiger partial charge in [-0.25, -0.2) is 4.79 Å². The molecular weight excluding hydrogens is 574 g/mol. The molecule has 2 aliphatic heterocycles. The Balaban J connectivity index is 2.57. The lowest BCUT2D eigenvalue weighted by Gasteiger charge is -2.45. The van der Waals surface area contributed by atoms with Crippen LogP contribution in [0.25, 0.3) is 0 Å². The highest BCUT2D eigenvalue weighted by Crippen LogP contribution is 2.50. The highest BCUT2D eigenvalue weighted by molar-refractivity contribution is 5.85. The van der Waals surface area contributed by atoms with E-state index in [-0.39, 0.29) is 0 Å². The molecule has 2 fully saturated rings. The van der Waals surface area contributed by atoms with E-state index < -0.39 is 103 Å². The molecule has 0 aromatic rings. The summed E-state index contributed by atoms with van der Waals surface area (Å²) in [6, 6.07) is -2.25. The number of halogens is 6. The van der Waals surface area contributed by atoms with Crippen molar-refractivity contribution in [3.8, 4) is 0 Å². The van der Waals surface area contributed by atoms with Gasteiger partial charge < -0.3 is 33.7 Å². The predicted octanol–water partition coefficient (Wildman–Crippen LogP) is 0.459. The molecule has 2 aliphatic rings. The summed E-state index contributed by atoms with van der Waals surface area (Å²) in [5, 5.41) is 1.61. The lowest BCUT2D eigenvalue weighted by Crippen LogP contribution is -2.71. The number of cyclic esters (lactones) is 1. The number of carbonyl (C=O) groups excluding carboxylic acids is 6. The summed E-state index contributed by atoms with van der Waals surface area (Å²) in [5.74, 6) is -6.31. The molecule has 0 radical (unpaired) electrons. The van der Waals surface area contributed by atoms with Crippen molar-refractivity contribution in [2.75, 3.05) is 13.2 Å². The quantitative estimate of drug-likeness (QED) is 0.255. The van der Waals surface area contributed by atoms with Gasteiger partial charge in [0.05, 0.1) is 0 Å². The Hall–Kier alpha value is -3.84. The molecule has 2 rings (SSSR count). The van der Waals surface area contributed by atoms with E-state index in [1.54, 1.807) is 5.32 Å². The van der Waals surface area contributed by atoms with Crippen LogP contribution in [0, 0.1) is 0 Å². The van der Waals surface area contributed by atoms with E-state index in [2.05, 4.69) is 4.74 Å². The van der Waals surface area contributed by atoms with Crippen LogP contribution in [0.5, 0.6) is 0 Å². The number of nitrogens with zero attached hydrogens (tertiary/aromatic N) is 1. The zero-order valence-corrected chi connectivity index (χ0v) is 20.9. The fraction of sp³-hybridized carbons (Fsp3) is 0.700. The highest BCUT2D eigenvalue weighted by atomic mass is 19.4. The Kier molecular flexibility index (Phi) is 9.49. The Morgan fingerprint density at radius 1 is 0.850 bits per heavy atom. The van der Waals surface area contributed by atoms with E-state index in [0.717, 1.165) is 27.7 Å². The zero-order valence-electron chi connectivity index (χ0n) is 20.9. The third kappa shape index (κ3) is 6.83. The first-order valence-corrected chi connectivity index (χ1v) is 10.9. The van der Waals surface area contributed by atoms with Crippen molar-refractivity contribution in [3.05, 3.63) is 0 Å². The summed E-state index contributed by atoms with van der Waals surface area (Å²) >= 11 is 0. The molecule has 0 aliphatic carbocycles. The first-order chi connectivity index (χ1) is 18.2. The number of urea groups is 1. The average molecular weight is 596 g/mol. The number of ether oxygens (including phenoxy) is 6. The molecule has 40 heavy (non-hydrogen) atoms. The van der Waals surface area contributed by atoms with Gasteiger partial charge in [-0.2, -0.15) is 26.3 Å². The van der Waals surface area contributed by atoms with E-state index in [4.69, 9.17) is 23.7 Å². The summed E-state index contributed by atoms with van der Waals surface area (Å²) in [6.07, 6.45) is -22.4. The van der Waals surface area contributed by atoms with Crippen LogP contribution in [0.15, 0.2) is 0 Å². The summed E-state index contributed by atoms with van der Waals surface area (Å²) in [5.41, 5.74) is -5.40. The molecule has 2 saturated heterocycles. The maximum absolute atomic E-state index is 13.7. The van der Waals surface area contributed by atoms with Gasteiger partial charge in [-0.05, 0) is 0 Å². The number of hydrogen-bond donors (Lipinski definition) is 1. The molecule has 20 heteroatoms. The van der Waals surface area contributed by atoms with Crippen LogP contribution in [-0.2, 0) is 52.4 Å². The Bertz CT molecular complexity index is 1030. The summed E-state index contributed by atoms with van der Waals surface area (Å²) in [7, 11) is 0. The van der Waals surface area contributed by atoms with Crippen molar-refractivity contribution in [1.82, 2.24) is 10.2 Å². The topological polar surface area (TPSA) is 173 Å². The van der Waals surface area contributed by atoms with Crippen LogP contribution in [0.1, 0.15) is 27.7 Å². The van der Waals surface area contributed by atoms with Crippen molar-refractivity contribution in [3.63, 3.8) is 0 Å². The lowest BCUT2D eigenvalue weighted by molar-refractivity contribution is -0.392. The van der Waals surface area contributed by atoms with Gasteiger partial charge in [0.1, 0.15) is 19.3 Å². The number of nitrogens with one attached hydrogen (secondary N) is 1. The minimum absolute atomic E-state index is 0.792. The van der Waals surface area contributed by atoms with Crippen LogP contribution in [0.2, 0.25) is 0 Å². The lowest BCUT2D eigenvalue weighted by atomic mass is 9.97. The molecule has 0 spiro atoms. The second-order valence-corrected chi connectivity index (χ2v) is 8.27. The monoisotopic (exact) mass is 596 g/mol. The van der Waals surface area contributed by atoms with E-state index >= 15 is 0 Å². The second-order valence-electron chi connectivity index (χ2n) is 8.27. The summed E-state index contributed by atoms with van der Waals surface area (Å²) in [4.78, 5) is 70.0. The molecule has 14 nitrogen and oxygen atoms in total. The maximum atomic E-state index is 13.7. The van der Waals surface area contributed by atoms with Gasteiger partial charge in [-0.3, -0.25) is 28.9 Å². The van der Waals surface area contributed by atoms with Crippen LogP contribution in [0.4, 0.5) is 31.1 Å². The number of alkyl halides is 6. The number of rotatable bonds is 6. The molecule has 2 heterocycles. The Morgan fingerprint density at radius 2 is 1.32 bits per heavy atom. The van der Waals surface area contributed by atoms with Crippen molar-refractivity contribution < 1.29 is 83.5 Å². The Labute approximate surface area is 220 Å². The minimum atomic E-state index is -6.38. The van der Waals surface area contributed by atoms with Gasteiger partial charge in [0.2, 0.25) is 0 Å². The molecule has 5 atom stereocenters. The molecular formula is C20H22F6N2O12. The smallest absolute Gasteiger partial charge is 0.459 e. The SMILES string of the molecule is CC(=O)OC[C@H]1O[C@@H](NC(=O)N2CC(=O)OC2(C(F)(F)F)C(F)(F)F)[C@H](OC(C)=O)[C@@H](OC(C)=O)[C@@H]1OC(C)=O. The third-order valence-electron chi connectivity index (χ3n) is 5.20. The van der Waals surface area contributed by atoms with E-state index in [1.807, 2.05) is 0 Å². The standard InChI is InChI=1S/C20H22F6N2O12/c1-7(29)35-6-11-13(36-8(2)30)14(37-9(3)31)15(38-10(4)32)16(39-11)27-17(34)28-5-12(33)40-18(28,19(21,22)23)20(24,25)26/h11,13-16H,5-6H2,1-4H3,(H,27,34)/t11-,13-,14+,15-,16-/m1/s1. The van der Waals surface area contributed by atoms with E-state index in [0.29, 0.717) is 0 Å².